The quantitative estimate of drug-likeness (QED) is 0.905. The van der Waals surface area contributed by atoms with Crippen LogP contribution in [0.25, 0.3) is 0 Å². The third-order valence-electron chi connectivity index (χ3n) is 2.81. The molecule has 1 aromatic heterocycles. The van der Waals surface area contributed by atoms with Crippen LogP contribution in [0.3, 0.4) is 0 Å². The minimum atomic E-state index is -0.574. The molecule has 1 aromatic carbocycles. The van der Waals surface area contributed by atoms with Crippen LogP contribution < -0.4 is 11.1 Å². The van der Waals surface area contributed by atoms with Gasteiger partial charge in [-0.05, 0) is 30.7 Å². The van der Waals surface area contributed by atoms with Crippen molar-refractivity contribution in [2.45, 2.75) is 6.92 Å². The molecule has 0 spiro atoms. The van der Waals surface area contributed by atoms with Crippen LogP contribution in [0.5, 0.6) is 0 Å². The van der Waals surface area contributed by atoms with Gasteiger partial charge in [-0.2, -0.15) is 0 Å². The number of nitrogens with one attached hydrogen (secondary N) is 1. The molecule has 0 fully saturated rings. The van der Waals surface area contributed by atoms with Crippen molar-refractivity contribution >= 4 is 40.7 Å². The number of aromatic nitrogens is 2. The lowest BCUT2D eigenvalue weighted by molar-refractivity contribution is 0.0995. The molecule has 0 aliphatic heterocycles. The monoisotopic (exact) mass is 324 g/mol. The smallest absolute Gasteiger partial charge is 0.258 e. The average molecular weight is 325 g/mol. The summed E-state index contributed by atoms with van der Waals surface area (Å²) in [5, 5.41) is 9.70. The first-order valence-electron chi connectivity index (χ1n) is 5.79. The second-order valence-electron chi connectivity index (χ2n) is 4.17. The van der Waals surface area contributed by atoms with Crippen molar-refractivity contribution in [2.75, 3.05) is 5.32 Å². The van der Waals surface area contributed by atoms with Crippen LogP contribution in [0.2, 0.25) is 10.3 Å². The standard InChI is InChI=1S/C13H10Cl2N4O2/c1-6-7(12(16)20)3-2-4-9(6)17-13(21)8-5-10(14)18-19-11(8)15/h2-5H,1H3,(H2,16,20)(H,17,21). The number of primary amides is 1. The molecular weight excluding hydrogens is 315 g/mol. The number of halogens is 2. The molecule has 0 radical (unpaired) electrons. The fourth-order valence-corrected chi connectivity index (χ4v) is 2.07. The number of nitrogens with zero attached hydrogens (tertiary/aromatic N) is 2. The summed E-state index contributed by atoms with van der Waals surface area (Å²) >= 11 is 11.5. The molecule has 6 nitrogen and oxygen atoms in total. The fourth-order valence-electron chi connectivity index (χ4n) is 1.74. The fraction of sp³-hybridized carbons (Fsp3) is 0.0769. The molecule has 8 heteroatoms. The van der Waals surface area contributed by atoms with Gasteiger partial charge in [0.05, 0.1) is 5.56 Å². The molecule has 0 saturated heterocycles. The van der Waals surface area contributed by atoms with Gasteiger partial charge in [0.1, 0.15) is 0 Å². The van der Waals surface area contributed by atoms with Gasteiger partial charge in [-0.25, -0.2) is 0 Å². The van der Waals surface area contributed by atoms with Crippen LogP contribution in [-0.2, 0) is 0 Å². The Hall–Kier alpha value is -2.18. The van der Waals surface area contributed by atoms with Gasteiger partial charge in [0.15, 0.2) is 10.3 Å². The highest BCUT2D eigenvalue weighted by Gasteiger charge is 2.16. The van der Waals surface area contributed by atoms with E-state index in [-0.39, 0.29) is 15.9 Å². The maximum Gasteiger partial charge on any atom is 0.258 e. The number of amides is 2. The highest BCUT2D eigenvalue weighted by atomic mass is 35.5. The van der Waals surface area contributed by atoms with E-state index in [2.05, 4.69) is 15.5 Å². The number of hydrogen-bond acceptors (Lipinski definition) is 4. The summed E-state index contributed by atoms with van der Waals surface area (Å²) in [6.07, 6.45) is 0. The van der Waals surface area contributed by atoms with E-state index in [1.54, 1.807) is 25.1 Å². The molecule has 21 heavy (non-hydrogen) atoms. The van der Waals surface area contributed by atoms with E-state index in [1.807, 2.05) is 0 Å². The predicted molar refractivity (Wildman–Crippen MR) is 79.7 cm³/mol. The first-order valence-corrected chi connectivity index (χ1v) is 6.55. The number of nitrogens with two attached hydrogens (primary N) is 1. The summed E-state index contributed by atoms with van der Waals surface area (Å²) in [5.74, 6) is -1.09. The third-order valence-corrected chi connectivity index (χ3v) is 3.27. The Morgan fingerprint density at radius 2 is 1.90 bits per heavy atom. The normalized spacial score (nSPS) is 10.2. The molecule has 0 bridgehead atoms. The Balaban J connectivity index is 2.34. The molecule has 2 amide bonds. The summed E-state index contributed by atoms with van der Waals surface area (Å²) in [5.41, 5.74) is 6.67. The number of rotatable bonds is 3. The summed E-state index contributed by atoms with van der Waals surface area (Å²) in [6, 6.07) is 6.14. The highest BCUT2D eigenvalue weighted by molar-refractivity contribution is 6.34. The number of hydrogen-bond donors (Lipinski definition) is 2. The van der Waals surface area contributed by atoms with Crippen LogP contribution in [0.4, 0.5) is 5.69 Å². The van der Waals surface area contributed by atoms with E-state index < -0.39 is 11.8 Å². The number of anilines is 1. The van der Waals surface area contributed by atoms with E-state index in [0.717, 1.165) is 0 Å². The molecule has 108 valence electrons. The van der Waals surface area contributed by atoms with E-state index in [0.29, 0.717) is 16.8 Å². The van der Waals surface area contributed by atoms with Gasteiger partial charge in [0.25, 0.3) is 5.91 Å². The zero-order chi connectivity index (χ0) is 15.6. The molecule has 3 N–H and O–H groups in total. The molecule has 0 aliphatic rings. The topological polar surface area (TPSA) is 98.0 Å². The minimum Gasteiger partial charge on any atom is -0.366 e. The summed E-state index contributed by atoms with van der Waals surface area (Å²) < 4.78 is 0. The maximum absolute atomic E-state index is 12.2. The van der Waals surface area contributed by atoms with Crippen molar-refractivity contribution in [3.63, 3.8) is 0 Å². The lowest BCUT2D eigenvalue weighted by atomic mass is 10.1. The number of carbonyl (C=O) groups is 2. The maximum atomic E-state index is 12.2. The Bertz CT molecular complexity index is 734. The first-order chi connectivity index (χ1) is 9.90. The van der Waals surface area contributed by atoms with Crippen LogP contribution >= 0.6 is 23.2 Å². The van der Waals surface area contributed by atoms with Crippen molar-refractivity contribution in [3.05, 3.63) is 51.3 Å². The van der Waals surface area contributed by atoms with Gasteiger partial charge in [-0.3, -0.25) is 9.59 Å². The second kappa shape index (κ2) is 6.07. The van der Waals surface area contributed by atoms with Gasteiger partial charge >= 0.3 is 0 Å². The first kappa shape index (κ1) is 15.2. The van der Waals surface area contributed by atoms with Crippen molar-refractivity contribution < 1.29 is 9.59 Å². The zero-order valence-electron chi connectivity index (χ0n) is 10.9. The molecule has 2 aromatic rings. The molecule has 0 unspecified atom stereocenters. The van der Waals surface area contributed by atoms with Crippen molar-refractivity contribution in [2.24, 2.45) is 5.73 Å². The minimum absolute atomic E-state index is 0.0483. The largest absolute Gasteiger partial charge is 0.366 e. The number of benzene rings is 1. The molecule has 0 aliphatic carbocycles. The molecule has 1 heterocycles. The Morgan fingerprint density at radius 1 is 1.19 bits per heavy atom. The molecular formula is C13H10Cl2N4O2. The predicted octanol–water partition coefficient (Wildman–Crippen LogP) is 2.44. The molecule has 0 saturated carbocycles. The van der Waals surface area contributed by atoms with Gasteiger partial charge in [0, 0.05) is 11.3 Å². The van der Waals surface area contributed by atoms with Gasteiger partial charge in [-0.15, -0.1) is 10.2 Å². The second-order valence-corrected chi connectivity index (χ2v) is 4.91. The zero-order valence-corrected chi connectivity index (χ0v) is 12.4. The van der Waals surface area contributed by atoms with Crippen molar-refractivity contribution in [1.82, 2.24) is 10.2 Å². The summed E-state index contributed by atoms with van der Waals surface area (Å²) in [7, 11) is 0. The average Bonchev–Trinajstić information content (AvgIpc) is 2.43. The summed E-state index contributed by atoms with van der Waals surface area (Å²) in [4.78, 5) is 23.5. The number of carbonyl (C=O) groups excluding carboxylic acids is 2. The van der Waals surface area contributed by atoms with E-state index in [4.69, 9.17) is 28.9 Å². The van der Waals surface area contributed by atoms with Crippen LogP contribution in [0, 0.1) is 6.92 Å². The van der Waals surface area contributed by atoms with Crippen molar-refractivity contribution in [3.8, 4) is 0 Å². The lowest BCUT2D eigenvalue weighted by Gasteiger charge is -2.11. The Morgan fingerprint density at radius 3 is 2.57 bits per heavy atom. The van der Waals surface area contributed by atoms with Crippen LogP contribution in [-0.4, -0.2) is 22.0 Å². The molecule has 2 rings (SSSR count). The van der Waals surface area contributed by atoms with Crippen LogP contribution in [0.15, 0.2) is 24.3 Å². The third kappa shape index (κ3) is 3.29. The SMILES string of the molecule is Cc1c(NC(=O)c2cc(Cl)nnc2Cl)cccc1C(N)=O. The summed E-state index contributed by atoms with van der Waals surface area (Å²) in [6.45, 7) is 1.68. The van der Waals surface area contributed by atoms with E-state index >= 15 is 0 Å². The van der Waals surface area contributed by atoms with E-state index in [1.165, 1.54) is 6.07 Å². The van der Waals surface area contributed by atoms with Gasteiger partial charge in [0.2, 0.25) is 5.91 Å². The lowest BCUT2D eigenvalue weighted by Crippen LogP contribution is -2.17. The van der Waals surface area contributed by atoms with Gasteiger partial charge in [-0.1, -0.05) is 29.3 Å². The van der Waals surface area contributed by atoms with E-state index in [9.17, 15) is 9.59 Å². The van der Waals surface area contributed by atoms with Crippen LogP contribution in [0.1, 0.15) is 26.3 Å². The molecule has 0 atom stereocenters. The van der Waals surface area contributed by atoms with Gasteiger partial charge < -0.3 is 11.1 Å². The Kier molecular flexibility index (Phi) is 4.40. The van der Waals surface area contributed by atoms with Crippen molar-refractivity contribution in [1.29, 1.82) is 0 Å². The Labute approximate surface area is 130 Å². The highest BCUT2D eigenvalue weighted by Crippen LogP contribution is 2.21.